The van der Waals surface area contributed by atoms with Crippen molar-refractivity contribution in [1.29, 1.82) is 0 Å². The average molecular weight is 217 g/mol. The second kappa shape index (κ2) is 4.50. The van der Waals surface area contributed by atoms with Gasteiger partial charge in [0.15, 0.2) is 0 Å². The van der Waals surface area contributed by atoms with Gasteiger partial charge in [-0.25, -0.2) is 0 Å². The molecule has 3 rings (SSSR count). The Labute approximate surface area is 96.7 Å². The number of nitrogens with one attached hydrogen (secondary N) is 1. The molecule has 0 spiro atoms. The van der Waals surface area contributed by atoms with Crippen molar-refractivity contribution in [3.8, 4) is 0 Å². The number of rotatable bonds is 2. The Hall–Kier alpha value is -0.960. The normalized spacial score (nSPS) is 33.6. The third-order valence-corrected chi connectivity index (χ3v) is 4.24. The van der Waals surface area contributed by atoms with Crippen LogP contribution in [0.3, 0.4) is 0 Å². The summed E-state index contributed by atoms with van der Waals surface area (Å²) in [7, 11) is 0. The van der Waals surface area contributed by atoms with Crippen molar-refractivity contribution in [3.05, 3.63) is 24.3 Å². The van der Waals surface area contributed by atoms with Crippen LogP contribution in [-0.2, 0) is 6.42 Å². The summed E-state index contributed by atoms with van der Waals surface area (Å²) in [5, 5.41) is 3.54. The highest BCUT2D eigenvalue weighted by Gasteiger charge is 2.36. The van der Waals surface area contributed by atoms with E-state index in [1.54, 1.807) is 6.20 Å². The Kier molecular flexibility index (Phi) is 2.87. The summed E-state index contributed by atoms with van der Waals surface area (Å²) >= 11 is 0. The molecule has 2 aliphatic rings. The predicted octanol–water partition coefficient (Wildman–Crippen LogP) is 1.65. The first-order valence-corrected chi connectivity index (χ1v) is 6.39. The molecule has 86 valence electrons. The molecule has 1 aliphatic carbocycles. The number of hydrogen-bond donors (Lipinski definition) is 1. The molecule has 0 bridgehead atoms. The predicted molar refractivity (Wildman–Crippen MR) is 62.9 cm³/mol. The average Bonchev–Trinajstić information content (AvgIpc) is 2.80. The molecule has 3 heteroatoms. The Morgan fingerprint density at radius 2 is 2.25 bits per heavy atom. The molecule has 1 aromatic heterocycles. The van der Waals surface area contributed by atoms with Gasteiger partial charge in [0.25, 0.3) is 0 Å². The van der Waals surface area contributed by atoms with Crippen molar-refractivity contribution in [3.63, 3.8) is 0 Å². The Morgan fingerprint density at radius 3 is 3.12 bits per heavy atom. The van der Waals surface area contributed by atoms with E-state index < -0.39 is 0 Å². The maximum absolute atomic E-state index is 4.40. The minimum atomic E-state index is 0.824. The molecule has 1 saturated carbocycles. The van der Waals surface area contributed by atoms with Crippen LogP contribution in [0.25, 0.3) is 0 Å². The van der Waals surface area contributed by atoms with Crippen molar-refractivity contribution in [2.24, 2.45) is 17.8 Å². The van der Waals surface area contributed by atoms with Crippen molar-refractivity contribution in [2.45, 2.75) is 25.7 Å². The van der Waals surface area contributed by atoms with E-state index in [9.17, 15) is 0 Å². The van der Waals surface area contributed by atoms with E-state index in [1.807, 2.05) is 12.4 Å². The molecule has 3 atom stereocenters. The first-order chi connectivity index (χ1) is 7.93. The van der Waals surface area contributed by atoms with Crippen LogP contribution < -0.4 is 5.32 Å². The third kappa shape index (κ3) is 1.96. The maximum Gasteiger partial charge on any atom is 0.0589 e. The first-order valence-electron chi connectivity index (χ1n) is 6.39. The van der Waals surface area contributed by atoms with Gasteiger partial charge in [-0.2, -0.15) is 0 Å². The molecule has 0 radical (unpaired) electrons. The lowest BCUT2D eigenvalue weighted by Gasteiger charge is -2.32. The molecule has 1 N–H and O–H groups in total. The second-order valence-electron chi connectivity index (χ2n) is 5.17. The van der Waals surface area contributed by atoms with Crippen LogP contribution >= 0.6 is 0 Å². The van der Waals surface area contributed by atoms with Crippen LogP contribution in [0.5, 0.6) is 0 Å². The summed E-state index contributed by atoms with van der Waals surface area (Å²) in [6.07, 6.45) is 10.8. The Bertz CT molecular complexity index is 338. The van der Waals surface area contributed by atoms with Gasteiger partial charge < -0.3 is 5.32 Å². The summed E-state index contributed by atoms with van der Waals surface area (Å²) in [5.41, 5.74) is 1.17. The van der Waals surface area contributed by atoms with Crippen molar-refractivity contribution >= 4 is 0 Å². The molecule has 1 aliphatic heterocycles. The van der Waals surface area contributed by atoms with E-state index in [1.165, 1.54) is 38.0 Å². The Morgan fingerprint density at radius 1 is 1.25 bits per heavy atom. The standard InChI is InChI=1S/C13H19N3/c1-2-10(6-12-8-14-4-5-16-12)13-9-15-7-11(13)3-1/h4-5,8,10-11,13,15H,1-3,6-7,9H2/t10-,11-,13-/m1/s1. The zero-order chi connectivity index (χ0) is 10.8. The van der Waals surface area contributed by atoms with Gasteiger partial charge >= 0.3 is 0 Å². The second-order valence-corrected chi connectivity index (χ2v) is 5.17. The fraction of sp³-hybridized carbons (Fsp3) is 0.692. The summed E-state index contributed by atoms with van der Waals surface area (Å²) < 4.78 is 0. The van der Waals surface area contributed by atoms with Crippen molar-refractivity contribution < 1.29 is 0 Å². The third-order valence-electron chi connectivity index (χ3n) is 4.24. The summed E-state index contributed by atoms with van der Waals surface area (Å²) in [4.78, 5) is 8.56. The number of hydrogen-bond acceptors (Lipinski definition) is 3. The minimum absolute atomic E-state index is 0.824. The van der Waals surface area contributed by atoms with E-state index in [0.29, 0.717) is 0 Å². The van der Waals surface area contributed by atoms with Gasteiger partial charge in [0.2, 0.25) is 0 Å². The number of nitrogens with zero attached hydrogens (tertiary/aromatic N) is 2. The van der Waals surface area contributed by atoms with E-state index in [4.69, 9.17) is 0 Å². The molecule has 2 heterocycles. The van der Waals surface area contributed by atoms with Gasteiger partial charge in [-0.1, -0.05) is 6.42 Å². The number of aromatic nitrogens is 2. The highest BCUT2D eigenvalue weighted by atomic mass is 14.9. The molecule has 0 unspecified atom stereocenters. The SMILES string of the molecule is c1cnc(C[C@H]2CCC[C@@H]3CNC[C@@H]32)cn1. The minimum Gasteiger partial charge on any atom is -0.316 e. The van der Waals surface area contributed by atoms with Crippen LogP contribution in [0.4, 0.5) is 0 Å². The fourth-order valence-corrected chi connectivity index (χ4v) is 3.43. The molecule has 1 saturated heterocycles. The van der Waals surface area contributed by atoms with Gasteiger partial charge in [-0.05, 0) is 50.1 Å². The van der Waals surface area contributed by atoms with Gasteiger partial charge in [0.05, 0.1) is 5.69 Å². The molecule has 0 aromatic carbocycles. The number of fused-ring (bicyclic) bond motifs is 1. The monoisotopic (exact) mass is 217 g/mol. The molecule has 1 aromatic rings. The van der Waals surface area contributed by atoms with Crippen LogP contribution in [0.2, 0.25) is 0 Å². The van der Waals surface area contributed by atoms with Crippen LogP contribution in [0.1, 0.15) is 25.0 Å². The van der Waals surface area contributed by atoms with Crippen molar-refractivity contribution in [2.75, 3.05) is 13.1 Å². The largest absolute Gasteiger partial charge is 0.316 e. The van der Waals surface area contributed by atoms with Crippen LogP contribution in [0.15, 0.2) is 18.6 Å². The molecule has 16 heavy (non-hydrogen) atoms. The molecule has 2 fully saturated rings. The van der Waals surface area contributed by atoms with Crippen molar-refractivity contribution in [1.82, 2.24) is 15.3 Å². The fourth-order valence-electron chi connectivity index (χ4n) is 3.43. The van der Waals surface area contributed by atoms with E-state index in [-0.39, 0.29) is 0 Å². The zero-order valence-electron chi connectivity index (χ0n) is 9.60. The van der Waals surface area contributed by atoms with E-state index in [0.717, 1.165) is 24.2 Å². The lowest BCUT2D eigenvalue weighted by atomic mass is 9.72. The molecule has 0 amide bonds. The summed E-state index contributed by atoms with van der Waals surface area (Å²) in [6, 6.07) is 0. The highest BCUT2D eigenvalue weighted by molar-refractivity contribution is 5.00. The van der Waals surface area contributed by atoms with Crippen LogP contribution in [-0.4, -0.2) is 23.1 Å². The van der Waals surface area contributed by atoms with Gasteiger partial charge in [0.1, 0.15) is 0 Å². The molecular weight excluding hydrogens is 198 g/mol. The van der Waals surface area contributed by atoms with Crippen LogP contribution in [0, 0.1) is 17.8 Å². The smallest absolute Gasteiger partial charge is 0.0589 e. The quantitative estimate of drug-likeness (QED) is 0.818. The van der Waals surface area contributed by atoms with Gasteiger partial charge in [-0.15, -0.1) is 0 Å². The lowest BCUT2D eigenvalue weighted by Crippen LogP contribution is -2.28. The maximum atomic E-state index is 4.40. The van der Waals surface area contributed by atoms with Gasteiger partial charge in [-0.3, -0.25) is 9.97 Å². The zero-order valence-corrected chi connectivity index (χ0v) is 9.60. The summed E-state index contributed by atoms with van der Waals surface area (Å²) in [5.74, 6) is 2.64. The topological polar surface area (TPSA) is 37.8 Å². The molecular formula is C13H19N3. The molecule has 3 nitrogen and oxygen atoms in total. The first kappa shape index (κ1) is 10.2. The lowest BCUT2D eigenvalue weighted by molar-refractivity contribution is 0.197. The van der Waals surface area contributed by atoms with Gasteiger partial charge in [0, 0.05) is 18.6 Å². The Balaban J connectivity index is 1.70. The van der Waals surface area contributed by atoms with E-state index in [2.05, 4.69) is 15.3 Å². The van der Waals surface area contributed by atoms with E-state index >= 15 is 0 Å². The summed E-state index contributed by atoms with van der Waals surface area (Å²) in [6.45, 7) is 2.46. The highest BCUT2D eigenvalue weighted by Crippen LogP contribution is 2.38.